The highest BCUT2D eigenvalue weighted by atomic mass is 16.3. The van der Waals surface area contributed by atoms with Crippen LogP contribution in [-0.2, 0) is 4.79 Å². The molecule has 2 N–H and O–H groups in total. The normalized spacial score (nSPS) is 22.0. The van der Waals surface area contributed by atoms with Crippen molar-refractivity contribution in [1.29, 1.82) is 0 Å². The molecule has 0 heterocycles. The summed E-state index contributed by atoms with van der Waals surface area (Å²) in [6.45, 7) is 0.415. The average Bonchev–Trinajstić information content (AvgIpc) is 3.25. The van der Waals surface area contributed by atoms with Gasteiger partial charge in [0, 0.05) is 13.0 Å². The molecule has 1 atom stereocenters. The largest absolute Gasteiger partial charge is 0.388 e. The highest BCUT2D eigenvalue weighted by molar-refractivity contribution is 5.77. The van der Waals surface area contributed by atoms with E-state index in [9.17, 15) is 9.90 Å². The summed E-state index contributed by atoms with van der Waals surface area (Å²) in [5, 5.41) is 13.3. The van der Waals surface area contributed by atoms with Crippen LogP contribution in [0.25, 0.3) is 0 Å². The van der Waals surface area contributed by atoms with Crippen molar-refractivity contribution in [3.63, 3.8) is 0 Å². The molecule has 0 aliphatic heterocycles. The molecule has 2 aliphatic carbocycles. The minimum atomic E-state index is -0.655. The average molecular weight is 287 g/mol. The van der Waals surface area contributed by atoms with Gasteiger partial charge in [0.1, 0.15) is 0 Å². The molecular formula is C18H25NO2. The Morgan fingerprint density at radius 2 is 1.90 bits per heavy atom. The molecule has 1 unspecified atom stereocenters. The maximum atomic E-state index is 12.2. The van der Waals surface area contributed by atoms with Gasteiger partial charge in [0.05, 0.1) is 5.60 Å². The second-order valence-corrected chi connectivity index (χ2v) is 6.77. The number of hydrogen-bond acceptors (Lipinski definition) is 2. The van der Waals surface area contributed by atoms with Crippen molar-refractivity contribution in [3.8, 4) is 0 Å². The number of nitrogens with one attached hydrogen (secondary N) is 1. The zero-order valence-corrected chi connectivity index (χ0v) is 12.6. The van der Waals surface area contributed by atoms with E-state index in [0.29, 0.717) is 24.8 Å². The van der Waals surface area contributed by atoms with Crippen molar-refractivity contribution >= 4 is 5.91 Å². The molecule has 1 aromatic rings. The van der Waals surface area contributed by atoms with Crippen molar-refractivity contribution in [1.82, 2.24) is 5.32 Å². The summed E-state index contributed by atoms with van der Waals surface area (Å²) in [5.74, 6) is 1.08. The van der Waals surface area contributed by atoms with Crippen LogP contribution < -0.4 is 5.32 Å². The third-order valence-electron chi connectivity index (χ3n) is 4.97. The molecule has 114 valence electrons. The lowest BCUT2D eigenvalue weighted by molar-refractivity contribution is -0.122. The van der Waals surface area contributed by atoms with E-state index >= 15 is 0 Å². The smallest absolute Gasteiger partial charge is 0.220 e. The van der Waals surface area contributed by atoms with Crippen LogP contribution >= 0.6 is 0 Å². The Morgan fingerprint density at radius 3 is 2.52 bits per heavy atom. The van der Waals surface area contributed by atoms with E-state index in [4.69, 9.17) is 0 Å². The lowest BCUT2D eigenvalue weighted by Crippen LogP contribution is -2.41. The van der Waals surface area contributed by atoms with Crippen LogP contribution in [0.5, 0.6) is 0 Å². The Morgan fingerprint density at radius 1 is 1.24 bits per heavy atom. The van der Waals surface area contributed by atoms with E-state index in [1.54, 1.807) is 0 Å². The molecule has 3 rings (SSSR count). The molecule has 21 heavy (non-hydrogen) atoms. The second kappa shape index (κ2) is 6.18. The highest BCUT2D eigenvalue weighted by Crippen LogP contribution is 2.44. The first kappa shape index (κ1) is 14.6. The molecule has 0 radical (unpaired) electrons. The number of benzene rings is 1. The zero-order valence-electron chi connectivity index (χ0n) is 12.6. The number of carbonyl (C=O) groups is 1. The summed E-state index contributed by atoms with van der Waals surface area (Å²) in [6, 6.07) is 10.4. The highest BCUT2D eigenvalue weighted by Gasteiger charge is 2.35. The Kier molecular flexibility index (Phi) is 4.29. The van der Waals surface area contributed by atoms with Gasteiger partial charge >= 0.3 is 0 Å². The van der Waals surface area contributed by atoms with Gasteiger partial charge in [-0.1, -0.05) is 43.2 Å². The Labute approximate surface area is 126 Å². The zero-order chi connectivity index (χ0) is 14.7. The Balaban J connectivity index is 1.55. The number of aliphatic hydroxyl groups is 1. The third kappa shape index (κ3) is 3.85. The van der Waals surface area contributed by atoms with Gasteiger partial charge in [-0.15, -0.1) is 0 Å². The SMILES string of the molecule is O=C(CC(c1ccccc1)C1CC1)NCC1(O)CCCC1. The number of rotatable bonds is 6. The predicted octanol–water partition coefficient (Wildman–Crippen LogP) is 2.99. The Bertz CT molecular complexity index is 475. The van der Waals surface area contributed by atoms with Crippen molar-refractivity contribution in [2.45, 2.75) is 56.5 Å². The molecule has 1 amide bonds. The summed E-state index contributed by atoms with van der Waals surface area (Å²) in [6.07, 6.45) is 6.79. The van der Waals surface area contributed by atoms with Crippen LogP contribution in [0.1, 0.15) is 56.4 Å². The summed E-state index contributed by atoms with van der Waals surface area (Å²) in [4.78, 5) is 12.2. The summed E-state index contributed by atoms with van der Waals surface area (Å²) >= 11 is 0. The third-order valence-corrected chi connectivity index (χ3v) is 4.97. The van der Waals surface area contributed by atoms with Gasteiger partial charge in [-0.05, 0) is 43.1 Å². The maximum absolute atomic E-state index is 12.2. The van der Waals surface area contributed by atoms with Crippen molar-refractivity contribution in [2.24, 2.45) is 5.92 Å². The van der Waals surface area contributed by atoms with Gasteiger partial charge in [0.15, 0.2) is 0 Å². The van der Waals surface area contributed by atoms with Crippen LogP contribution in [0.2, 0.25) is 0 Å². The monoisotopic (exact) mass is 287 g/mol. The van der Waals surface area contributed by atoms with Crippen molar-refractivity contribution < 1.29 is 9.90 Å². The molecule has 1 aromatic carbocycles. The fraction of sp³-hybridized carbons (Fsp3) is 0.611. The molecular weight excluding hydrogens is 262 g/mol. The van der Waals surface area contributed by atoms with Crippen LogP contribution in [0.4, 0.5) is 0 Å². The number of hydrogen-bond donors (Lipinski definition) is 2. The van der Waals surface area contributed by atoms with Gasteiger partial charge in [0.2, 0.25) is 5.91 Å². The van der Waals surface area contributed by atoms with Gasteiger partial charge in [-0.2, -0.15) is 0 Å². The summed E-state index contributed by atoms with van der Waals surface area (Å²) in [7, 11) is 0. The molecule has 0 bridgehead atoms. The fourth-order valence-corrected chi connectivity index (χ4v) is 3.50. The van der Waals surface area contributed by atoms with Gasteiger partial charge in [-0.3, -0.25) is 4.79 Å². The van der Waals surface area contributed by atoms with E-state index in [-0.39, 0.29) is 5.91 Å². The first-order valence-corrected chi connectivity index (χ1v) is 8.20. The number of amides is 1. The molecule has 3 heteroatoms. The molecule has 0 aromatic heterocycles. The maximum Gasteiger partial charge on any atom is 0.220 e. The molecule has 0 saturated heterocycles. The molecule has 2 fully saturated rings. The second-order valence-electron chi connectivity index (χ2n) is 6.77. The topological polar surface area (TPSA) is 49.3 Å². The summed E-state index contributed by atoms with van der Waals surface area (Å²) < 4.78 is 0. The van der Waals surface area contributed by atoms with Crippen molar-refractivity contribution in [3.05, 3.63) is 35.9 Å². The first-order chi connectivity index (χ1) is 10.2. The molecule has 3 nitrogen and oxygen atoms in total. The van der Waals surface area contributed by atoms with Crippen molar-refractivity contribution in [2.75, 3.05) is 6.54 Å². The van der Waals surface area contributed by atoms with E-state index in [2.05, 4.69) is 17.4 Å². The van der Waals surface area contributed by atoms with Gasteiger partial charge in [0.25, 0.3) is 0 Å². The molecule has 2 saturated carbocycles. The standard InChI is InChI=1S/C18H25NO2/c20-17(19-13-18(21)10-4-5-11-18)12-16(15-8-9-15)14-6-2-1-3-7-14/h1-3,6-7,15-16,21H,4-5,8-13H2,(H,19,20). The molecule has 0 spiro atoms. The van der Waals surface area contributed by atoms with E-state index < -0.39 is 5.60 Å². The molecule has 2 aliphatic rings. The lowest BCUT2D eigenvalue weighted by atomic mass is 9.90. The van der Waals surface area contributed by atoms with E-state index in [1.165, 1.54) is 18.4 Å². The number of carbonyl (C=O) groups excluding carboxylic acids is 1. The van der Waals surface area contributed by atoms with Crippen LogP contribution in [0.3, 0.4) is 0 Å². The Hall–Kier alpha value is -1.35. The van der Waals surface area contributed by atoms with Crippen LogP contribution in [-0.4, -0.2) is 23.2 Å². The minimum absolute atomic E-state index is 0.0797. The van der Waals surface area contributed by atoms with Gasteiger partial charge < -0.3 is 10.4 Å². The van der Waals surface area contributed by atoms with E-state index in [1.807, 2.05) is 18.2 Å². The summed E-state index contributed by atoms with van der Waals surface area (Å²) in [5.41, 5.74) is 0.618. The first-order valence-electron chi connectivity index (χ1n) is 8.20. The predicted molar refractivity (Wildman–Crippen MR) is 83.0 cm³/mol. The van der Waals surface area contributed by atoms with Crippen LogP contribution in [0, 0.1) is 5.92 Å². The van der Waals surface area contributed by atoms with E-state index in [0.717, 1.165) is 25.7 Å². The fourth-order valence-electron chi connectivity index (χ4n) is 3.50. The quantitative estimate of drug-likeness (QED) is 0.845. The minimum Gasteiger partial charge on any atom is -0.388 e. The lowest BCUT2D eigenvalue weighted by Gasteiger charge is -2.23. The van der Waals surface area contributed by atoms with Gasteiger partial charge in [-0.25, -0.2) is 0 Å². The van der Waals surface area contributed by atoms with Crippen LogP contribution in [0.15, 0.2) is 30.3 Å².